The largest absolute Gasteiger partial charge is 0.487 e. The third-order valence-corrected chi connectivity index (χ3v) is 4.63. The molecule has 0 fully saturated rings. The van der Waals surface area contributed by atoms with Crippen molar-refractivity contribution in [3.8, 4) is 5.75 Å². The Morgan fingerprint density at radius 3 is 2.71 bits per heavy atom. The van der Waals surface area contributed by atoms with Crippen LogP contribution in [0.5, 0.6) is 5.75 Å². The van der Waals surface area contributed by atoms with E-state index in [9.17, 15) is 5.11 Å². The van der Waals surface area contributed by atoms with Gasteiger partial charge in [-0.15, -0.1) is 24.0 Å². The zero-order chi connectivity index (χ0) is 19.5. The Kier molecular flexibility index (Phi) is 7.39. The normalized spacial score (nSPS) is 20.2. The first-order chi connectivity index (χ1) is 12.8. The van der Waals surface area contributed by atoms with Gasteiger partial charge in [0.05, 0.1) is 18.8 Å². The maximum absolute atomic E-state index is 10.7. The molecule has 0 radical (unpaired) electrons. The van der Waals surface area contributed by atoms with Crippen LogP contribution < -0.4 is 15.4 Å². The summed E-state index contributed by atoms with van der Waals surface area (Å²) in [6.07, 6.45) is 2.36. The highest BCUT2D eigenvalue weighted by Gasteiger charge is 2.34. The number of rotatable bonds is 5. The summed E-state index contributed by atoms with van der Waals surface area (Å²) in [5.74, 6) is 2.05. The van der Waals surface area contributed by atoms with Crippen LogP contribution in [0.15, 0.2) is 52.1 Å². The highest BCUT2D eigenvalue weighted by atomic mass is 127. The van der Waals surface area contributed by atoms with Gasteiger partial charge in [0.15, 0.2) is 5.96 Å². The standard InChI is InChI=1S/C21H29N3O3.HI/c1-5-22-19(23-14-21(4,25)18-11-8-12-26-18)24-16-13-20(2,3)27-17-10-7-6-9-15(16)17;/h6-12,16,25H,5,13-14H2,1-4H3,(H2,22,23,24);1H. The minimum Gasteiger partial charge on any atom is -0.487 e. The van der Waals surface area contributed by atoms with E-state index in [2.05, 4.69) is 35.5 Å². The SMILES string of the molecule is CCNC(=NCC(C)(O)c1ccco1)NC1CC(C)(C)Oc2ccccc21.I. The Morgan fingerprint density at radius 2 is 2.04 bits per heavy atom. The number of aliphatic hydroxyl groups is 1. The molecule has 3 rings (SSSR count). The first kappa shape index (κ1) is 22.5. The average Bonchev–Trinajstić information content (AvgIpc) is 3.14. The number of para-hydroxylation sites is 1. The highest BCUT2D eigenvalue weighted by Crippen LogP contribution is 2.39. The summed E-state index contributed by atoms with van der Waals surface area (Å²) in [4.78, 5) is 4.60. The van der Waals surface area contributed by atoms with E-state index in [4.69, 9.17) is 9.15 Å². The minimum atomic E-state index is -1.17. The molecular weight excluding hydrogens is 469 g/mol. The van der Waals surface area contributed by atoms with Crippen molar-refractivity contribution in [3.63, 3.8) is 0 Å². The number of ether oxygens (including phenoxy) is 1. The van der Waals surface area contributed by atoms with Gasteiger partial charge in [0.2, 0.25) is 0 Å². The van der Waals surface area contributed by atoms with Gasteiger partial charge >= 0.3 is 0 Å². The average molecular weight is 499 g/mol. The fourth-order valence-corrected chi connectivity index (χ4v) is 3.31. The van der Waals surface area contributed by atoms with Crippen molar-refractivity contribution >= 4 is 29.9 Å². The minimum absolute atomic E-state index is 0. The van der Waals surface area contributed by atoms with E-state index in [-0.39, 0.29) is 42.2 Å². The van der Waals surface area contributed by atoms with Crippen LogP contribution in [0.25, 0.3) is 0 Å². The molecule has 0 saturated carbocycles. The van der Waals surface area contributed by atoms with Gasteiger partial charge in [-0.25, -0.2) is 4.99 Å². The van der Waals surface area contributed by atoms with Crippen LogP contribution in [0.2, 0.25) is 0 Å². The number of nitrogens with zero attached hydrogens (tertiary/aromatic N) is 1. The molecule has 2 aromatic rings. The fourth-order valence-electron chi connectivity index (χ4n) is 3.31. The first-order valence-electron chi connectivity index (χ1n) is 9.40. The molecule has 1 aromatic carbocycles. The Balaban J connectivity index is 0.00000280. The summed E-state index contributed by atoms with van der Waals surface area (Å²) >= 11 is 0. The zero-order valence-corrected chi connectivity index (χ0v) is 19.2. The Morgan fingerprint density at radius 1 is 1.29 bits per heavy atom. The van der Waals surface area contributed by atoms with Gasteiger partial charge in [0.25, 0.3) is 0 Å². The number of nitrogens with one attached hydrogen (secondary N) is 2. The third kappa shape index (κ3) is 5.41. The maximum atomic E-state index is 10.7. The van der Waals surface area contributed by atoms with Gasteiger partial charge in [-0.1, -0.05) is 18.2 Å². The van der Waals surface area contributed by atoms with E-state index >= 15 is 0 Å². The van der Waals surface area contributed by atoms with Gasteiger partial charge in [-0.2, -0.15) is 0 Å². The predicted molar refractivity (Wildman–Crippen MR) is 121 cm³/mol. The summed E-state index contributed by atoms with van der Waals surface area (Å²) in [7, 11) is 0. The van der Waals surface area contributed by atoms with Gasteiger partial charge in [0, 0.05) is 18.5 Å². The molecule has 1 aromatic heterocycles. The molecule has 2 atom stereocenters. The molecule has 154 valence electrons. The molecule has 0 saturated heterocycles. The Labute approximate surface area is 183 Å². The number of hydrogen-bond donors (Lipinski definition) is 3. The lowest BCUT2D eigenvalue weighted by Crippen LogP contribution is -2.45. The van der Waals surface area contributed by atoms with Crippen LogP contribution in [0.1, 0.15) is 51.5 Å². The zero-order valence-electron chi connectivity index (χ0n) is 16.9. The van der Waals surface area contributed by atoms with Crippen molar-refractivity contribution in [1.29, 1.82) is 0 Å². The maximum Gasteiger partial charge on any atom is 0.191 e. The summed E-state index contributed by atoms with van der Waals surface area (Å²) < 4.78 is 11.4. The molecule has 7 heteroatoms. The number of aliphatic imine (C=N–C) groups is 1. The quantitative estimate of drug-likeness (QED) is 0.330. The van der Waals surface area contributed by atoms with Gasteiger partial charge in [-0.05, 0) is 45.9 Å². The van der Waals surface area contributed by atoms with E-state index in [0.717, 1.165) is 24.3 Å². The third-order valence-electron chi connectivity index (χ3n) is 4.63. The monoisotopic (exact) mass is 499 g/mol. The van der Waals surface area contributed by atoms with Gasteiger partial charge in [0.1, 0.15) is 22.7 Å². The lowest BCUT2D eigenvalue weighted by molar-refractivity contribution is 0.0435. The van der Waals surface area contributed by atoms with Crippen molar-refractivity contribution in [2.24, 2.45) is 4.99 Å². The second-order valence-electron chi connectivity index (χ2n) is 7.75. The molecule has 2 unspecified atom stereocenters. The number of guanidine groups is 1. The number of furan rings is 1. The van der Waals surface area contributed by atoms with E-state index in [1.165, 1.54) is 0 Å². The molecule has 1 aliphatic heterocycles. The smallest absolute Gasteiger partial charge is 0.191 e. The van der Waals surface area contributed by atoms with Crippen LogP contribution in [0, 0.1) is 0 Å². The topological polar surface area (TPSA) is 79.0 Å². The van der Waals surface area contributed by atoms with Crippen LogP contribution in [-0.2, 0) is 5.60 Å². The van der Waals surface area contributed by atoms with Crippen molar-refractivity contribution in [3.05, 3.63) is 54.0 Å². The summed E-state index contributed by atoms with van der Waals surface area (Å²) in [5, 5.41) is 17.4. The van der Waals surface area contributed by atoms with Crippen LogP contribution >= 0.6 is 24.0 Å². The predicted octanol–water partition coefficient (Wildman–Crippen LogP) is 3.96. The number of fused-ring (bicyclic) bond motifs is 1. The van der Waals surface area contributed by atoms with E-state index in [1.807, 2.05) is 25.1 Å². The molecule has 28 heavy (non-hydrogen) atoms. The molecule has 3 N–H and O–H groups in total. The van der Waals surface area contributed by atoms with Gasteiger partial charge < -0.3 is 24.9 Å². The van der Waals surface area contributed by atoms with Crippen molar-refractivity contribution < 1.29 is 14.3 Å². The highest BCUT2D eigenvalue weighted by molar-refractivity contribution is 14.0. The van der Waals surface area contributed by atoms with E-state index in [1.54, 1.807) is 25.3 Å². The van der Waals surface area contributed by atoms with Crippen molar-refractivity contribution in [2.45, 2.75) is 51.4 Å². The summed E-state index contributed by atoms with van der Waals surface area (Å²) in [6, 6.07) is 11.7. The molecule has 0 aliphatic carbocycles. The van der Waals surface area contributed by atoms with Crippen molar-refractivity contribution in [2.75, 3.05) is 13.1 Å². The second kappa shape index (κ2) is 9.17. The molecule has 0 spiro atoms. The summed E-state index contributed by atoms with van der Waals surface area (Å²) in [5.41, 5.74) is -0.331. The van der Waals surface area contributed by atoms with Crippen LogP contribution in [-0.4, -0.2) is 29.8 Å². The molecule has 1 aliphatic rings. The molecular formula is C21H30IN3O3. The first-order valence-corrected chi connectivity index (χ1v) is 9.40. The van der Waals surface area contributed by atoms with E-state index in [0.29, 0.717) is 11.7 Å². The fraction of sp³-hybridized carbons (Fsp3) is 0.476. The Hall–Kier alpha value is -1.74. The van der Waals surface area contributed by atoms with Gasteiger partial charge in [-0.3, -0.25) is 0 Å². The molecule has 2 heterocycles. The van der Waals surface area contributed by atoms with Crippen LogP contribution in [0.3, 0.4) is 0 Å². The summed E-state index contributed by atoms with van der Waals surface area (Å²) in [6.45, 7) is 8.80. The lowest BCUT2D eigenvalue weighted by Gasteiger charge is -2.38. The van der Waals surface area contributed by atoms with E-state index < -0.39 is 5.60 Å². The van der Waals surface area contributed by atoms with Crippen LogP contribution in [0.4, 0.5) is 0 Å². The van der Waals surface area contributed by atoms with Crippen molar-refractivity contribution in [1.82, 2.24) is 10.6 Å². The Bertz CT molecular complexity index is 788. The molecule has 0 amide bonds. The number of benzene rings is 1. The molecule has 6 nitrogen and oxygen atoms in total. The number of halogens is 1. The molecule has 0 bridgehead atoms. The number of hydrogen-bond acceptors (Lipinski definition) is 4. The second-order valence-corrected chi connectivity index (χ2v) is 7.75. The lowest BCUT2D eigenvalue weighted by atomic mass is 9.90.